The summed E-state index contributed by atoms with van der Waals surface area (Å²) in [4.78, 5) is 11.5. The molecule has 136 valence electrons. The molecule has 0 spiro atoms. The van der Waals surface area contributed by atoms with Crippen LogP contribution < -0.4 is 0 Å². The van der Waals surface area contributed by atoms with E-state index in [-0.39, 0.29) is 5.97 Å². The fourth-order valence-corrected chi connectivity index (χ4v) is 2.55. The normalized spacial score (nSPS) is 11.2. The highest BCUT2D eigenvalue weighted by molar-refractivity contribution is 9.09. The molecular weight excluding hydrogens is 356 g/mol. The average Bonchev–Trinajstić information content (AvgIpc) is 2.56. The van der Waals surface area contributed by atoms with E-state index < -0.39 is 0 Å². The highest BCUT2D eigenvalue weighted by Crippen LogP contribution is 2.04. The Balaban J connectivity index is 3.21. The minimum absolute atomic E-state index is 0.0967. The molecule has 0 aromatic rings. The van der Waals surface area contributed by atoms with Gasteiger partial charge in [-0.25, -0.2) is 0 Å². The van der Waals surface area contributed by atoms with Crippen LogP contribution in [-0.2, 0) is 14.3 Å². The number of esters is 1. The van der Waals surface area contributed by atoms with Gasteiger partial charge in [-0.2, -0.15) is 0 Å². The molecule has 0 saturated heterocycles. The van der Waals surface area contributed by atoms with Crippen molar-refractivity contribution in [2.45, 2.75) is 77.6 Å². The second-order valence-corrected chi connectivity index (χ2v) is 6.62. The Kier molecular flexibility index (Phi) is 19.4. The van der Waals surface area contributed by atoms with Crippen molar-refractivity contribution in [3.05, 3.63) is 12.2 Å². The van der Waals surface area contributed by atoms with Crippen LogP contribution in [0.5, 0.6) is 0 Å². The van der Waals surface area contributed by atoms with Crippen molar-refractivity contribution in [3.8, 4) is 0 Å². The number of unbranched alkanes of at least 4 members (excludes halogenated alkanes) is 7. The van der Waals surface area contributed by atoms with Crippen molar-refractivity contribution in [3.63, 3.8) is 0 Å². The molecule has 0 heterocycles. The van der Waals surface area contributed by atoms with E-state index >= 15 is 0 Å². The van der Waals surface area contributed by atoms with Crippen LogP contribution in [0, 0.1) is 0 Å². The first-order valence-electron chi connectivity index (χ1n) is 9.25. The Morgan fingerprint density at radius 1 is 0.913 bits per heavy atom. The summed E-state index contributed by atoms with van der Waals surface area (Å²) < 4.78 is 10.7. The molecule has 0 aromatic heterocycles. The number of alkyl halides is 1. The molecular formula is C19H35BrO3. The predicted octanol–water partition coefficient (Wildman–Crippen LogP) is 5.81. The molecule has 0 unspecified atom stereocenters. The van der Waals surface area contributed by atoms with Crippen LogP contribution in [0.1, 0.15) is 77.6 Å². The number of rotatable bonds is 17. The molecule has 4 heteroatoms. The molecule has 0 bridgehead atoms. The van der Waals surface area contributed by atoms with E-state index in [1.165, 1.54) is 38.5 Å². The second-order valence-electron chi connectivity index (χ2n) is 5.82. The van der Waals surface area contributed by atoms with Gasteiger partial charge in [0.15, 0.2) is 0 Å². The van der Waals surface area contributed by atoms with Gasteiger partial charge in [-0.05, 0) is 32.1 Å². The first-order valence-corrected chi connectivity index (χ1v) is 10.4. The predicted molar refractivity (Wildman–Crippen MR) is 101 cm³/mol. The zero-order valence-corrected chi connectivity index (χ0v) is 16.5. The fourth-order valence-electron chi connectivity index (χ4n) is 2.15. The van der Waals surface area contributed by atoms with Gasteiger partial charge >= 0.3 is 5.97 Å². The third-order valence-corrected chi connectivity index (χ3v) is 4.13. The molecule has 0 amide bonds. The smallest absolute Gasteiger partial charge is 0.305 e. The minimum atomic E-state index is -0.0967. The van der Waals surface area contributed by atoms with Gasteiger partial charge in [-0.15, -0.1) is 0 Å². The molecule has 0 fully saturated rings. The third kappa shape index (κ3) is 19.6. The summed E-state index contributed by atoms with van der Waals surface area (Å²) in [6.45, 7) is 4.06. The summed E-state index contributed by atoms with van der Waals surface area (Å²) in [5.41, 5.74) is 0. The topological polar surface area (TPSA) is 35.5 Å². The Morgan fingerprint density at radius 2 is 1.70 bits per heavy atom. The van der Waals surface area contributed by atoms with Gasteiger partial charge in [0.1, 0.15) is 0 Å². The summed E-state index contributed by atoms with van der Waals surface area (Å²) in [6.07, 6.45) is 16.3. The number of ether oxygens (including phenoxy) is 2. The summed E-state index contributed by atoms with van der Waals surface area (Å²) in [5, 5.41) is 1.06. The van der Waals surface area contributed by atoms with Gasteiger partial charge in [0.2, 0.25) is 0 Å². The number of carbonyl (C=O) groups is 1. The van der Waals surface area contributed by atoms with Crippen molar-refractivity contribution in [2.75, 3.05) is 25.2 Å². The zero-order valence-electron chi connectivity index (χ0n) is 14.9. The van der Waals surface area contributed by atoms with Gasteiger partial charge in [0, 0.05) is 18.4 Å². The molecule has 23 heavy (non-hydrogen) atoms. The van der Waals surface area contributed by atoms with Crippen LogP contribution in [0.25, 0.3) is 0 Å². The van der Waals surface area contributed by atoms with Crippen molar-refractivity contribution in [2.24, 2.45) is 0 Å². The maximum Gasteiger partial charge on any atom is 0.305 e. The van der Waals surface area contributed by atoms with Gasteiger partial charge in [-0.3, -0.25) is 4.79 Å². The monoisotopic (exact) mass is 390 g/mol. The van der Waals surface area contributed by atoms with Gasteiger partial charge < -0.3 is 9.47 Å². The van der Waals surface area contributed by atoms with Crippen molar-refractivity contribution >= 4 is 21.9 Å². The summed E-state index contributed by atoms with van der Waals surface area (Å²) >= 11 is 3.41. The number of carbonyl (C=O) groups excluding carboxylic acids is 1. The molecule has 3 nitrogen and oxygen atoms in total. The second kappa shape index (κ2) is 19.7. The van der Waals surface area contributed by atoms with Gasteiger partial charge in [0.25, 0.3) is 0 Å². The van der Waals surface area contributed by atoms with Crippen LogP contribution in [0.3, 0.4) is 0 Å². The molecule has 0 N–H and O–H groups in total. The molecule has 0 radical (unpaired) electrons. The van der Waals surface area contributed by atoms with Crippen LogP contribution in [-0.4, -0.2) is 31.1 Å². The van der Waals surface area contributed by atoms with Crippen LogP contribution in [0.2, 0.25) is 0 Å². The Bertz CT molecular complexity index is 280. The molecule has 0 saturated carbocycles. The summed E-state index contributed by atoms with van der Waals surface area (Å²) in [5.74, 6) is -0.0967. The fraction of sp³-hybridized carbons (Fsp3) is 0.842. The van der Waals surface area contributed by atoms with Crippen molar-refractivity contribution in [1.29, 1.82) is 0 Å². The molecule has 0 aliphatic carbocycles. The molecule has 0 aromatic carbocycles. The van der Waals surface area contributed by atoms with E-state index in [1.54, 1.807) is 0 Å². The lowest BCUT2D eigenvalue weighted by molar-refractivity contribution is -0.144. The maximum atomic E-state index is 11.5. The molecule has 0 aliphatic rings. The first-order chi connectivity index (χ1) is 11.3. The quantitative estimate of drug-likeness (QED) is 0.136. The highest BCUT2D eigenvalue weighted by Gasteiger charge is 2.02. The molecule has 0 rings (SSSR count). The van der Waals surface area contributed by atoms with E-state index in [9.17, 15) is 4.79 Å². The zero-order chi connectivity index (χ0) is 17.0. The number of allylic oxidation sites excluding steroid dienone is 1. The van der Waals surface area contributed by atoms with Gasteiger partial charge in [-0.1, -0.05) is 67.1 Å². The lowest BCUT2D eigenvalue weighted by Gasteiger charge is -2.05. The lowest BCUT2D eigenvalue weighted by atomic mass is 10.1. The standard InChI is InChI=1S/C19H35BrO3/c1-2-3-4-5-6-8-11-16-22-17-13-14-19(21)23-18-12-9-7-10-15-20/h8,11H,2-7,9-10,12-18H2,1H3/b11-8-. The van der Waals surface area contributed by atoms with Crippen molar-refractivity contribution in [1.82, 2.24) is 0 Å². The van der Waals surface area contributed by atoms with Crippen LogP contribution in [0.15, 0.2) is 12.2 Å². The number of halogens is 1. The summed E-state index contributed by atoms with van der Waals surface area (Å²) in [6, 6.07) is 0. The van der Waals surface area contributed by atoms with Crippen LogP contribution >= 0.6 is 15.9 Å². The number of hydrogen-bond acceptors (Lipinski definition) is 3. The van der Waals surface area contributed by atoms with E-state index in [0.717, 1.165) is 31.0 Å². The van der Waals surface area contributed by atoms with E-state index in [2.05, 4.69) is 35.0 Å². The summed E-state index contributed by atoms with van der Waals surface area (Å²) in [7, 11) is 0. The van der Waals surface area contributed by atoms with Crippen LogP contribution in [0.4, 0.5) is 0 Å². The Hall–Kier alpha value is -0.350. The van der Waals surface area contributed by atoms with Gasteiger partial charge in [0.05, 0.1) is 13.2 Å². The number of hydrogen-bond donors (Lipinski definition) is 0. The Morgan fingerprint density at radius 3 is 2.48 bits per heavy atom. The van der Waals surface area contributed by atoms with E-state index in [1.807, 2.05) is 0 Å². The van der Waals surface area contributed by atoms with Crippen molar-refractivity contribution < 1.29 is 14.3 Å². The van der Waals surface area contributed by atoms with E-state index in [4.69, 9.17) is 9.47 Å². The average molecular weight is 391 g/mol. The largest absolute Gasteiger partial charge is 0.466 e. The SMILES string of the molecule is CCCCCC/C=C\COCCCC(=O)OCCCCCCBr. The third-order valence-electron chi connectivity index (χ3n) is 3.57. The first kappa shape index (κ1) is 22.6. The highest BCUT2D eigenvalue weighted by atomic mass is 79.9. The molecule has 0 aliphatic heterocycles. The Labute approximate surface area is 151 Å². The van der Waals surface area contributed by atoms with E-state index in [0.29, 0.717) is 26.2 Å². The minimum Gasteiger partial charge on any atom is -0.466 e. The maximum absolute atomic E-state index is 11.5. The lowest BCUT2D eigenvalue weighted by Crippen LogP contribution is -2.07. The molecule has 0 atom stereocenters.